The summed E-state index contributed by atoms with van der Waals surface area (Å²) in [6.45, 7) is 2.11. The van der Waals surface area contributed by atoms with Gasteiger partial charge in [-0.3, -0.25) is 4.98 Å². The van der Waals surface area contributed by atoms with Gasteiger partial charge in [-0.1, -0.05) is 0 Å². The second-order valence-corrected chi connectivity index (χ2v) is 5.75. The molecule has 3 heterocycles. The zero-order valence-electron chi connectivity index (χ0n) is 12.8. The van der Waals surface area contributed by atoms with Gasteiger partial charge in [-0.25, -0.2) is 9.97 Å². The minimum absolute atomic E-state index is 0.506. The number of benzene rings is 1. The topological polar surface area (TPSA) is 59.9 Å². The largest absolute Gasteiger partial charge is 0.456 e. The van der Waals surface area contributed by atoms with Crippen molar-refractivity contribution in [2.45, 2.75) is 18.8 Å². The number of hydrogen-bond donors (Lipinski definition) is 1. The molecule has 0 radical (unpaired) electrons. The number of piperidine rings is 1. The van der Waals surface area contributed by atoms with Crippen LogP contribution in [0.2, 0.25) is 0 Å². The fourth-order valence-electron chi connectivity index (χ4n) is 3.09. The van der Waals surface area contributed by atoms with Crippen LogP contribution in [-0.4, -0.2) is 28.0 Å². The molecule has 0 aliphatic carbocycles. The summed E-state index contributed by atoms with van der Waals surface area (Å²) < 4.78 is 5.84. The molecule has 1 aliphatic heterocycles. The SMILES string of the molecule is c1cncc(Oc2ccc3c(C4CCNCC4)ncnc3c2)c1. The molecule has 1 fully saturated rings. The second kappa shape index (κ2) is 6.30. The van der Waals surface area contributed by atoms with Crippen molar-refractivity contribution in [1.82, 2.24) is 20.3 Å². The minimum Gasteiger partial charge on any atom is -0.456 e. The molecule has 0 atom stereocenters. The van der Waals surface area contributed by atoms with Crippen LogP contribution in [0.5, 0.6) is 11.5 Å². The number of nitrogens with zero attached hydrogens (tertiary/aromatic N) is 3. The summed E-state index contributed by atoms with van der Waals surface area (Å²) in [6, 6.07) is 9.75. The van der Waals surface area contributed by atoms with Crippen molar-refractivity contribution in [3.05, 3.63) is 54.7 Å². The van der Waals surface area contributed by atoms with E-state index in [1.54, 1.807) is 18.7 Å². The summed E-state index contributed by atoms with van der Waals surface area (Å²) in [5.74, 6) is 1.99. The number of aromatic nitrogens is 3. The van der Waals surface area contributed by atoms with Crippen LogP contribution in [0.15, 0.2) is 49.1 Å². The summed E-state index contributed by atoms with van der Waals surface area (Å²) in [6.07, 6.45) is 7.34. The third kappa shape index (κ3) is 3.00. The third-order valence-corrected chi connectivity index (χ3v) is 4.23. The quantitative estimate of drug-likeness (QED) is 0.804. The number of pyridine rings is 1. The Morgan fingerprint density at radius 2 is 1.96 bits per heavy atom. The van der Waals surface area contributed by atoms with E-state index in [0.717, 1.165) is 54.0 Å². The van der Waals surface area contributed by atoms with Crippen molar-refractivity contribution in [2.24, 2.45) is 0 Å². The summed E-state index contributed by atoms with van der Waals surface area (Å²) in [5, 5.41) is 4.52. The molecule has 1 N–H and O–H groups in total. The molecule has 5 heteroatoms. The number of rotatable bonds is 3. The van der Waals surface area contributed by atoms with Gasteiger partial charge >= 0.3 is 0 Å². The zero-order chi connectivity index (χ0) is 15.5. The van der Waals surface area contributed by atoms with Crippen molar-refractivity contribution in [1.29, 1.82) is 0 Å². The van der Waals surface area contributed by atoms with Gasteiger partial charge in [0.15, 0.2) is 0 Å². The Balaban J connectivity index is 1.67. The van der Waals surface area contributed by atoms with E-state index in [1.807, 2.05) is 24.3 Å². The maximum atomic E-state index is 5.84. The highest BCUT2D eigenvalue weighted by Crippen LogP contribution is 2.31. The van der Waals surface area contributed by atoms with E-state index in [-0.39, 0.29) is 0 Å². The Kier molecular flexibility index (Phi) is 3.86. The lowest BCUT2D eigenvalue weighted by Crippen LogP contribution is -2.27. The average molecular weight is 306 g/mol. The predicted molar refractivity (Wildman–Crippen MR) is 88.7 cm³/mol. The number of hydrogen-bond acceptors (Lipinski definition) is 5. The normalized spacial score (nSPS) is 15.7. The molecule has 23 heavy (non-hydrogen) atoms. The van der Waals surface area contributed by atoms with Gasteiger partial charge in [0.05, 0.1) is 17.4 Å². The minimum atomic E-state index is 0.506. The van der Waals surface area contributed by atoms with Crippen LogP contribution in [-0.2, 0) is 0 Å². The highest BCUT2D eigenvalue weighted by Gasteiger charge is 2.19. The lowest BCUT2D eigenvalue weighted by Gasteiger charge is -2.23. The fourth-order valence-corrected chi connectivity index (χ4v) is 3.09. The van der Waals surface area contributed by atoms with Crippen LogP contribution >= 0.6 is 0 Å². The lowest BCUT2D eigenvalue weighted by atomic mass is 9.92. The molecule has 116 valence electrons. The number of nitrogens with one attached hydrogen (secondary N) is 1. The van der Waals surface area contributed by atoms with Gasteiger partial charge in [0.25, 0.3) is 0 Å². The molecule has 0 bridgehead atoms. The molecule has 0 amide bonds. The van der Waals surface area contributed by atoms with E-state index in [0.29, 0.717) is 5.92 Å². The third-order valence-electron chi connectivity index (χ3n) is 4.23. The van der Waals surface area contributed by atoms with Crippen molar-refractivity contribution in [2.75, 3.05) is 13.1 Å². The molecule has 0 spiro atoms. The highest BCUT2D eigenvalue weighted by atomic mass is 16.5. The van der Waals surface area contributed by atoms with Crippen molar-refractivity contribution < 1.29 is 4.74 Å². The number of ether oxygens (including phenoxy) is 1. The van der Waals surface area contributed by atoms with Crippen LogP contribution in [0.3, 0.4) is 0 Å². The predicted octanol–water partition coefficient (Wildman–Crippen LogP) is 3.28. The Hall–Kier alpha value is -2.53. The summed E-state index contributed by atoms with van der Waals surface area (Å²) in [7, 11) is 0. The highest BCUT2D eigenvalue weighted by molar-refractivity contribution is 5.82. The standard InChI is InChI=1S/C18H18N4O/c1-2-15(11-20-7-1)23-14-3-4-16-17(10-14)21-12-22-18(16)13-5-8-19-9-6-13/h1-4,7,10-13,19H,5-6,8-9H2. The Morgan fingerprint density at radius 1 is 1.04 bits per heavy atom. The first-order valence-corrected chi connectivity index (χ1v) is 7.93. The van der Waals surface area contributed by atoms with E-state index >= 15 is 0 Å². The van der Waals surface area contributed by atoms with E-state index in [9.17, 15) is 0 Å². The first-order chi connectivity index (χ1) is 11.4. The molecule has 5 nitrogen and oxygen atoms in total. The molecule has 0 saturated carbocycles. The van der Waals surface area contributed by atoms with Gasteiger partial charge in [0.2, 0.25) is 0 Å². The van der Waals surface area contributed by atoms with Gasteiger partial charge in [0, 0.05) is 23.6 Å². The van der Waals surface area contributed by atoms with E-state index in [2.05, 4.69) is 26.3 Å². The molecule has 3 aromatic rings. The van der Waals surface area contributed by atoms with Crippen LogP contribution in [0.25, 0.3) is 10.9 Å². The van der Waals surface area contributed by atoms with E-state index in [1.165, 1.54) is 0 Å². The molecule has 0 unspecified atom stereocenters. The molecule has 1 aliphatic rings. The average Bonchev–Trinajstić information content (AvgIpc) is 2.63. The van der Waals surface area contributed by atoms with Crippen molar-refractivity contribution in [3.63, 3.8) is 0 Å². The zero-order valence-corrected chi connectivity index (χ0v) is 12.8. The molecule has 1 saturated heterocycles. The molecule has 2 aromatic heterocycles. The summed E-state index contributed by atoms with van der Waals surface area (Å²) in [5.41, 5.74) is 2.08. The summed E-state index contributed by atoms with van der Waals surface area (Å²) >= 11 is 0. The monoisotopic (exact) mass is 306 g/mol. The Labute approximate surface area is 134 Å². The smallest absolute Gasteiger partial charge is 0.145 e. The fraction of sp³-hybridized carbons (Fsp3) is 0.278. The van der Waals surface area contributed by atoms with Gasteiger partial charge in [0.1, 0.15) is 17.8 Å². The maximum absolute atomic E-state index is 5.84. The Morgan fingerprint density at radius 3 is 2.78 bits per heavy atom. The Bertz CT molecular complexity index is 800. The van der Waals surface area contributed by atoms with E-state index < -0.39 is 0 Å². The van der Waals surface area contributed by atoms with Crippen molar-refractivity contribution >= 4 is 10.9 Å². The van der Waals surface area contributed by atoms with Gasteiger partial charge in [-0.2, -0.15) is 0 Å². The van der Waals surface area contributed by atoms with Gasteiger partial charge < -0.3 is 10.1 Å². The molecule has 4 rings (SSSR count). The van der Waals surface area contributed by atoms with Crippen LogP contribution in [0, 0.1) is 0 Å². The first-order valence-electron chi connectivity index (χ1n) is 7.93. The van der Waals surface area contributed by atoms with Gasteiger partial charge in [-0.15, -0.1) is 0 Å². The molecule has 1 aromatic carbocycles. The molecular weight excluding hydrogens is 288 g/mol. The van der Waals surface area contributed by atoms with Crippen LogP contribution < -0.4 is 10.1 Å². The lowest BCUT2D eigenvalue weighted by molar-refractivity contribution is 0.455. The number of fused-ring (bicyclic) bond motifs is 1. The summed E-state index contributed by atoms with van der Waals surface area (Å²) in [4.78, 5) is 13.0. The van der Waals surface area contributed by atoms with Crippen molar-refractivity contribution in [3.8, 4) is 11.5 Å². The second-order valence-electron chi connectivity index (χ2n) is 5.75. The van der Waals surface area contributed by atoms with Crippen LogP contribution in [0.4, 0.5) is 0 Å². The van der Waals surface area contributed by atoms with E-state index in [4.69, 9.17) is 4.74 Å². The maximum Gasteiger partial charge on any atom is 0.145 e. The first kappa shape index (κ1) is 14.1. The van der Waals surface area contributed by atoms with Crippen LogP contribution in [0.1, 0.15) is 24.5 Å². The molecular formula is C18H18N4O. The van der Waals surface area contributed by atoms with Gasteiger partial charge in [-0.05, 0) is 50.2 Å².